The predicted octanol–water partition coefficient (Wildman–Crippen LogP) is 1.43. The first-order valence-corrected chi connectivity index (χ1v) is 5.28. The number of carbonyl (C=O) groups is 1. The molecule has 0 aliphatic rings. The maximum absolute atomic E-state index is 13.4. The molecule has 0 aliphatic carbocycles. The standard InChI is InChI=1S/C11H8F3N5O/c12-5-1-2-6(10(14)9(5)13)16-11(20)7-3-4-8(17-15)19-18-7/h1-4H,15H2,(H,16,20)(H,17,19). The Labute approximate surface area is 110 Å². The number of benzene rings is 1. The summed E-state index contributed by atoms with van der Waals surface area (Å²) in [6.45, 7) is 0. The lowest BCUT2D eigenvalue weighted by atomic mass is 10.2. The lowest BCUT2D eigenvalue weighted by Gasteiger charge is -2.06. The molecule has 0 bridgehead atoms. The number of hydrogen-bond donors (Lipinski definition) is 3. The summed E-state index contributed by atoms with van der Waals surface area (Å²) in [5.41, 5.74) is 1.56. The van der Waals surface area contributed by atoms with E-state index in [4.69, 9.17) is 5.84 Å². The number of nitrogen functional groups attached to an aromatic ring is 1. The molecule has 0 atom stereocenters. The van der Waals surface area contributed by atoms with Crippen molar-refractivity contribution in [1.82, 2.24) is 10.2 Å². The third-order valence-electron chi connectivity index (χ3n) is 2.33. The smallest absolute Gasteiger partial charge is 0.276 e. The zero-order chi connectivity index (χ0) is 14.7. The molecule has 0 fully saturated rings. The Morgan fingerprint density at radius 1 is 1.05 bits per heavy atom. The Hall–Kier alpha value is -2.68. The minimum atomic E-state index is -1.67. The Morgan fingerprint density at radius 3 is 2.40 bits per heavy atom. The van der Waals surface area contributed by atoms with E-state index in [9.17, 15) is 18.0 Å². The highest BCUT2D eigenvalue weighted by Gasteiger charge is 2.16. The number of nitrogens with one attached hydrogen (secondary N) is 2. The van der Waals surface area contributed by atoms with E-state index >= 15 is 0 Å². The molecule has 2 rings (SSSR count). The highest BCUT2D eigenvalue weighted by molar-refractivity contribution is 6.02. The van der Waals surface area contributed by atoms with Crippen molar-refractivity contribution in [2.45, 2.75) is 0 Å². The normalized spacial score (nSPS) is 10.2. The quantitative estimate of drug-likeness (QED) is 0.450. The molecule has 1 aromatic carbocycles. The first-order valence-electron chi connectivity index (χ1n) is 5.28. The van der Waals surface area contributed by atoms with Gasteiger partial charge < -0.3 is 10.7 Å². The topological polar surface area (TPSA) is 92.9 Å². The largest absolute Gasteiger partial charge is 0.318 e. The van der Waals surface area contributed by atoms with Crippen molar-refractivity contribution >= 4 is 17.4 Å². The molecule has 6 nitrogen and oxygen atoms in total. The number of hydrazine groups is 1. The van der Waals surface area contributed by atoms with Crippen LogP contribution >= 0.6 is 0 Å². The van der Waals surface area contributed by atoms with Crippen molar-refractivity contribution in [3.63, 3.8) is 0 Å². The molecule has 0 saturated carbocycles. The van der Waals surface area contributed by atoms with Gasteiger partial charge in [0, 0.05) is 0 Å². The minimum absolute atomic E-state index is 0.145. The fraction of sp³-hybridized carbons (Fsp3) is 0. The van der Waals surface area contributed by atoms with Crippen molar-refractivity contribution in [2.24, 2.45) is 5.84 Å². The van der Waals surface area contributed by atoms with Crippen LogP contribution in [0.15, 0.2) is 24.3 Å². The van der Waals surface area contributed by atoms with Crippen LogP contribution in [0.1, 0.15) is 10.5 Å². The van der Waals surface area contributed by atoms with Crippen LogP contribution in [0, 0.1) is 17.5 Å². The molecule has 1 heterocycles. The van der Waals surface area contributed by atoms with Crippen LogP contribution in [0.5, 0.6) is 0 Å². The Bertz CT molecular complexity index is 647. The molecule has 2 aromatic rings. The molecule has 104 valence electrons. The summed E-state index contributed by atoms with van der Waals surface area (Å²) in [6.07, 6.45) is 0. The average molecular weight is 283 g/mol. The first-order chi connectivity index (χ1) is 9.52. The van der Waals surface area contributed by atoms with E-state index in [0.717, 1.165) is 6.07 Å². The molecule has 1 amide bonds. The SMILES string of the molecule is NNc1ccc(C(=O)Nc2ccc(F)c(F)c2F)nn1. The number of halogens is 3. The third kappa shape index (κ3) is 2.67. The molecule has 0 radical (unpaired) electrons. The van der Waals surface area contributed by atoms with E-state index in [2.05, 4.69) is 20.9 Å². The molecule has 0 unspecified atom stereocenters. The van der Waals surface area contributed by atoms with E-state index in [1.54, 1.807) is 0 Å². The number of nitrogens with two attached hydrogens (primary N) is 1. The van der Waals surface area contributed by atoms with Crippen molar-refractivity contribution in [2.75, 3.05) is 10.7 Å². The van der Waals surface area contributed by atoms with Gasteiger partial charge in [-0.25, -0.2) is 19.0 Å². The highest BCUT2D eigenvalue weighted by Crippen LogP contribution is 2.20. The summed E-state index contributed by atoms with van der Waals surface area (Å²) < 4.78 is 39.1. The summed E-state index contributed by atoms with van der Waals surface area (Å²) in [7, 11) is 0. The van der Waals surface area contributed by atoms with Gasteiger partial charge in [0.15, 0.2) is 29.0 Å². The molecule has 0 spiro atoms. The van der Waals surface area contributed by atoms with Gasteiger partial charge >= 0.3 is 0 Å². The number of rotatable bonds is 3. The first kappa shape index (κ1) is 13.7. The maximum Gasteiger partial charge on any atom is 0.276 e. The van der Waals surface area contributed by atoms with E-state index in [0.29, 0.717) is 6.07 Å². The Morgan fingerprint density at radius 2 is 1.80 bits per heavy atom. The third-order valence-corrected chi connectivity index (χ3v) is 2.33. The number of aromatic nitrogens is 2. The number of carbonyl (C=O) groups excluding carboxylic acids is 1. The molecule has 9 heteroatoms. The van der Waals surface area contributed by atoms with E-state index in [1.807, 2.05) is 0 Å². The second-order valence-corrected chi connectivity index (χ2v) is 3.63. The zero-order valence-corrected chi connectivity index (χ0v) is 9.82. The van der Waals surface area contributed by atoms with Gasteiger partial charge in [0.1, 0.15) is 0 Å². The van der Waals surface area contributed by atoms with Gasteiger partial charge in [0.05, 0.1) is 5.69 Å². The summed E-state index contributed by atoms with van der Waals surface area (Å²) in [5.74, 6) is -0.0469. The average Bonchev–Trinajstić information content (AvgIpc) is 2.48. The number of amides is 1. The summed E-state index contributed by atoms with van der Waals surface area (Å²) in [6, 6.07) is 4.23. The second kappa shape index (κ2) is 5.53. The van der Waals surface area contributed by atoms with Gasteiger partial charge in [0.25, 0.3) is 5.91 Å². The Balaban J connectivity index is 2.21. The molecule has 20 heavy (non-hydrogen) atoms. The van der Waals surface area contributed by atoms with Crippen LogP contribution in [0.3, 0.4) is 0 Å². The zero-order valence-electron chi connectivity index (χ0n) is 9.82. The van der Waals surface area contributed by atoms with Crippen LogP contribution < -0.4 is 16.6 Å². The van der Waals surface area contributed by atoms with Gasteiger partial charge in [-0.2, -0.15) is 0 Å². The van der Waals surface area contributed by atoms with E-state index < -0.39 is 29.0 Å². The maximum atomic E-state index is 13.4. The molecule has 0 saturated heterocycles. The number of hydrogen-bond acceptors (Lipinski definition) is 5. The molecule has 0 aliphatic heterocycles. The van der Waals surface area contributed by atoms with Gasteiger partial charge in [-0.1, -0.05) is 0 Å². The fourth-order valence-electron chi connectivity index (χ4n) is 1.34. The minimum Gasteiger partial charge on any atom is -0.318 e. The van der Waals surface area contributed by atoms with Crippen LogP contribution in [0.2, 0.25) is 0 Å². The van der Waals surface area contributed by atoms with Crippen LogP contribution in [0.4, 0.5) is 24.7 Å². The fourth-order valence-corrected chi connectivity index (χ4v) is 1.34. The van der Waals surface area contributed by atoms with Crippen LogP contribution in [0.25, 0.3) is 0 Å². The molecular weight excluding hydrogens is 275 g/mol. The molecule has 1 aromatic heterocycles. The monoisotopic (exact) mass is 283 g/mol. The summed E-state index contributed by atoms with van der Waals surface area (Å²) in [4.78, 5) is 11.7. The number of nitrogens with zero attached hydrogens (tertiary/aromatic N) is 2. The van der Waals surface area contributed by atoms with Crippen LogP contribution in [-0.2, 0) is 0 Å². The molecule has 4 N–H and O–H groups in total. The number of anilines is 2. The second-order valence-electron chi connectivity index (χ2n) is 3.63. The lowest BCUT2D eigenvalue weighted by molar-refractivity contribution is 0.102. The van der Waals surface area contributed by atoms with Crippen molar-refractivity contribution in [3.8, 4) is 0 Å². The predicted molar refractivity (Wildman–Crippen MR) is 64.1 cm³/mol. The van der Waals surface area contributed by atoms with Crippen molar-refractivity contribution < 1.29 is 18.0 Å². The van der Waals surface area contributed by atoms with Gasteiger partial charge in [-0.15, -0.1) is 10.2 Å². The summed E-state index contributed by atoms with van der Waals surface area (Å²) in [5, 5.41) is 9.12. The highest BCUT2D eigenvalue weighted by atomic mass is 19.2. The van der Waals surface area contributed by atoms with Gasteiger partial charge in [0.2, 0.25) is 0 Å². The van der Waals surface area contributed by atoms with E-state index in [-0.39, 0.29) is 11.5 Å². The van der Waals surface area contributed by atoms with Gasteiger partial charge in [-0.05, 0) is 24.3 Å². The van der Waals surface area contributed by atoms with Gasteiger partial charge in [-0.3, -0.25) is 4.79 Å². The lowest BCUT2D eigenvalue weighted by Crippen LogP contribution is -2.17. The summed E-state index contributed by atoms with van der Waals surface area (Å²) >= 11 is 0. The molecular formula is C11H8F3N5O. The Kier molecular flexibility index (Phi) is 3.80. The van der Waals surface area contributed by atoms with E-state index in [1.165, 1.54) is 12.1 Å². The van der Waals surface area contributed by atoms with Crippen LogP contribution in [-0.4, -0.2) is 16.1 Å². The van der Waals surface area contributed by atoms with Crippen molar-refractivity contribution in [1.29, 1.82) is 0 Å². The van der Waals surface area contributed by atoms with Crippen molar-refractivity contribution in [3.05, 3.63) is 47.4 Å².